The van der Waals surface area contributed by atoms with Gasteiger partial charge in [-0.2, -0.15) is 0 Å². The van der Waals surface area contributed by atoms with Crippen molar-refractivity contribution in [1.29, 1.82) is 0 Å². The summed E-state index contributed by atoms with van der Waals surface area (Å²) < 4.78 is 0. The van der Waals surface area contributed by atoms with Crippen molar-refractivity contribution in [2.75, 3.05) is 6.54 Å². The normalized spacial score (nSPS) is 14.3. The summed E-state index contributed by atoms with van der Waals surface area (Å²) in [6, 6.07) is 0.505. The van der Waals surface area contributed by atoms with Gasteiger partial charge in [0.15, 0.2) is 0 Å². The van der Waals surface area contributed by atoms with Crippen molar-refractivity contribution >= 4 is 5.91 Å². The van der Waals surface area contributed by atoms with Crippen LogP contribution in [0.25, 0.3) is 0 Å². The van der Waals surface area contributed by atoms with E-state index in [-0.39, 0.29) is 0 Å². The van der Waals surface area contributed by atoms with E-state index in [0.717, 1.165) is 32.2 Å². The van der Waals surface area contributed by atoms with E-state index in [4.69, 9.17) is 0 Å². The van der Waals surface area contributed by atoms with Crippen LogP contribution in [0.1, 0.15) is 67.2 Å². The van der Waals surface area contributed by atoms with E-state index in [9.17, 15) is 4.79 Å². The molecule has 1 fully saturated rings. The number of amides is 1. The van der Waals surface area contributed by atoms with Crippen LogP contribution >= 0.6 is 0 Å². The molecule has 1 aliphatic heterocycles. The fraction of sp³-hybridized carbons (Fsp3) is 0.923. The Labute approximate surface area is 96.0 Å². The van der Waals surface area contributed by atoms with Gasteiger partial charge in [-0.25, -0.2) is 0 Å². The van der Waals surface area contributed by atoms with Gasteiger partial charge < -0.3 is 4.90 Å². The van der Waals surface area contributed by atoms with Gasteiger partial charge in [-0.1, -0.05) is 41.5 Å². The quantitative estimate of drug-likeness (QED) is 0.700. The Kier molecular flexibility index (Phi) is 13.0. The Bertz CT molecular complexity index is 141. The average molecular weight is 215 g/mol. The highest BCUT2D eigenvalue weighted by atomic mass is 16.2. The number of carbonyl (C=O) groups excluding carboxylic acids is 1. The Morgan fingerprint density at radius 1 is 1.13 bits per heavy atom. The smallest absolute Gasteiger partial charge is 0.222 e. The van der Waals surface area contributed by atoms with Crippen LogP contribution in [0.4, 0.5) is 0 Å². The van der Waals surface area contributed by atoms with E-state index in [1.165, 1.54) is 0 Å². The second-order valence-electron chi connectivity index (χ2n) is 3.16. The third-order valence-electron chi connectivity index (χ3n) is 2.49. The topological polar surface area (TPSA) is 20.3 Å². The molecule has 0 bridgehead atoms. The van der Waals surface area contributed by atoms with Crippen LogP contribution in [0, 0.1) is 0 Å². The predicted octanol–water partition coefficient (Wildman–Crippen LogP) is 3.85. The lowest BCUT2D eigenvalue weighted by Gasteiger charge is -2.25. The highest BCUT2D eigenvalue weighted by molar-refractivity contribution is 5.78. The molecule has 1 amide bonds. The van der Waals surface area contributed by atoms with Crippen molar-refractivity contribution in [2.24, 2.45) is 0 Å². The van der Waals surface area contributed by atoms with Crippen molar-refractivity contribution in [1.82, 2.24) is 4.90 Å². The zero-order valence-corrected chi connectivity index (χ0v) is 11.5. The highest BCUT2D eigenvalue weighted by Crippen LogP contribution is 2.17. The standard InChI is InChI=1S/C9H17NO.2C2H6/c1-3-8(4-2)10-7-5-6-9(10)11;2*1-2/h8H,3-7H2,1-2H3;2*1-2H3. The number of hydrogen-bond acceptors (Lipinski definition) is 1. The maximum atomic E-state index is 11.3. The molecule has 2 nitrogen and oxygen atoms in total. The molecule has 1 rings (SSSR count). The van der Waals surface area contributed by atoms with E-state index in [2.05, 4.69) is 13.8 Å². The Balaban J connectivity index is 0. The van der Waals surface area contributed by atoms with Gasteiger partial charge in [-0.3, -0.25) is 4.79 Å². The molecular formula is C13H29NO. The second kappa shape index (κ2) is 11.5. The molecule has 0 unspecified atom stereocenters. The molecule has 92 valence electrons. The summed E-state index contributed by atoms with van der Waals surface area (Å²) in [5.41, 5.74) is 0. The van der Waals surface area contributed by atoms with Crippen LogP contribution in [0.5, 0.6) is 0 Å². The summed E-state index contributed by atoms with van der Waals surface area (Å²) in [7, 11) is 0. The molecular weight excluding hydrogens is 186 g/mol. The zero-order chi connectivity index (χ0) is 12.3. The van der Waals surface area contributed by atoms with Gasteiger partial charge in [-0.15, -0.1) is 0 Å². The number of rotatable bonds is 3. The number of likely N-dealkylation sites (tertiary alicyclic amines) is 1. The number of hydrogen-bond donors (Lipinski definition) is 0. The van der Waals surface area contributed by atoms with E-state index in [1.807, 2.05) is 32.6 Å². The molecule has 0 radical (unpaired) electrons. The number of nitrogens with zero attached hydrogens (tertiary/aromatic N) is 1. The summed E-state index contributed by atoms with van der Waals surface area (Å²) in [6.45, 7) is 13.3. The molecule has 0 aromatic heterocycles. The molecule has 1 heterocycles. The van der Waals surface area contributed by atoms with Crippen LogP contribution in [0.2, 0.25) is 0 Å². The summed E-state index contributed by atoms with van der Waals surface area (Å²) in [5.74, 6) is 0.360. The van der Waals surface area contributed by atoms with E-state index >= 15 is 0 Å². The van der Waals surface area contributed by atoms with Crippen molar-refractivity contribution in [2.45, 2.75) is 73.3 Å². The SMILES string of the molecule is CC.CC.CCC(CC)N1CCCC1=O. The van der Waals surface area contributed by atoms with Crippen LogP contribution in [-0.2, 0) is 4.79 Å². The van der Waals surface area contributed by atoms with Crippen LogP contribution < -0.4 is 0 Å². The molecule has 0 aliphatic carbocycles. The molecule has 2 heteroatoms. The van der Waals surface area contributed by atoms with Crippen molar-refractivity contribution in [3.05, 3.63) is 0 Å². The average Bonchev–Trinajstić information content (AvgIpc) is 2.73. The van der Waals surface area contributed by atoms with Gasteiger partial charge in [-0.05, 0) is 19.3 Å². The minimum Gasteiger partial charge on any atom is -0.340 e. The fourth-order valence-electron chi connectivity index (χ4n) is 1.78. The summed E-state index contributed by atoms with van der Waals surface area (Å²) in [5, 5.41) is 0. The lowest BCUT2D eigenvalue weighted by atomic mass is 10.1. The highest BCUT2D eigenvalue weighted by Gasteiger charge is 2.25. The summed E-state index contributed by atoms with van der Waals surface area (Å²) in [6.07, 6.45) is 4.04. The molecule has 1 saturated heterocycles. The van der Waals surface area contributed by atoms with Crippen LogP contribution in [-0.4, -0.2) is 23.4 Å². The minimum atomic E-state index is 0.360. The van der Waals surface area contributed by atoms with Gasteiger partial charge >= 0.3 is 0 Å². The first-order valence-electron chi connectivity index (χ1n) is 6.59. The molecule has 0 spiro atoms. The third kappa shape index (κ3) is 5.81. The second-order valence-corrected chi connectivity index (χ2v) is 3.16. The van der Waals surface area contributed by atoms with E-state index < -0.39 is 0 Å². The van der Waals surface area contributed by atoms with E-state index in [1.54, 1.807) is 0 Å². The summed E-state index contributed by atoms with van der Waals surface area (Å²) in [4.78, 5) is 13.3. The molecule has 0 aromatic carbocycles. The van der Waals surface area contributed by atoms with Gasteiger partial charge in [0.2, 0.25) is 5.91 Å². The molecule has 0 N–H and O–H groups in total. The van der Waals surface area contributed by atoms with Gasteiger partial charge in [0.05, 0.1) is 0 Å². The first-order valence-corrected chi connectivity index (χ1v) is 6.59. The van der Waals surface area contributed by atoms with Crippen LogP contribution in [0.15, 0.2) is 0 Å². The molecule has 0 aromatic rings. The predicted molar refractivity (Wildman–Crippen MR) is 68.0 cm³/mol. The lowest BCUT2D eigenvalue weighted by Crippen LogP contribution is -2.35. The van der Waals surface area contributed by atoms with Gasteiger partial charge in [0.1, 0.15) is 0 Å². The number of carbonyl (C=O) groups is 1. The monoisotopic (exact) mass is 215 g/mol. The van der Waals surface area contributed by atoms with Crippen molar-refractivity contribution < 1.29 is 4.79 Å². The first-order chi connectivity index (χ1) is 7.29. The fourth-order valence-corrected chi connectivity index (χ4v) is 1.78. The van der Waals surface area contributed by atoms with E-state index in [0.29, 0.717) is 11.9 Å². The maximum Gasteiger partial charge on any atom is 0.222 e. The Morgan fingerprint density at radius 3 is 1.87 bits per heavy atom. The van der Waals surface area contributed by atoms with Gasteiger partial charge in [0, 0.05) is 19.0 Å². The zero-order valence-electron chi connectivity index (χ0n) is 11.5. The largest absolute Gasteiger partial charge is 0.340 e. The lowest BCUT2D eigenvalue weighted by molar-refractivity contribution is -0.129. The molecule has 0 atom stereocenters. The minimum absolute atomic E-state index is 0.360. The summed E-state index contributed by atoms with van der Waals surface area (Å²) >= 11 is 0. The third-order valence-corrected chi connectivity index (χ3v) is 2.49. The Hall–Kier alpha value is -0.530. The molecule has 15 heavy (non-hydrogen) atoms. The first kappa shape index (κ1) is 16.9. The Morgan fingerprint density at radius 2 is 1.60 bits per heavy atom. The molecule has 0 saturated carbocycles. The molecule has 1 aliphatic rings. The van der Waals surface area contributed by atoms with Crippen LogP contribution in [0.3, 0.4) is 0 Å². The van der Waals surface area contributed by atoms with Crippen molar-refractivity contribution in [3.63, 3.8) is 0 Å². The van der Waals surface area contributed by atoms with Gasteiger partial charge in [0.25, 0.3) is 0 Å². The van der Waals surface area contributed by atoms with Crippen molar-refractivity contribution in [3.8, 4) is 0 Å². The maximum absolute atomic E-state index is 11.3.